The lowest BCUT2D eigenvalue weighted by molar-refractivity contribution is -0.130. The molecular weight excluding hydrogens is 398 g/mol. The number of methoxy groups -OCH3 is 3. The molecule has 2 rings (SSSR count). The van der Waals surface area contributed by atoms with Crippen LogP contribution in [0.3, 0.4) is 0 Å². The van der Waals surface area contributed by atoms with Crippen molar-refractivity contribution in [3.8, 4) is 11.5 Å². The van der Waals surface area contributed by atoms with E-state index in [-0.39, 0.29) is 44.5 Å². The Balaban J connectivity index is 1.73. The topological polar surface area (TPSA) is 104 Å². The molecule has 1 fully saturated rings. The van der Waals surface area contributed by atoms with Crippen LogP contribution in [0.15, 0.2) is 18.2 Å². The molecule has 1 aromatic carbocycles. The Labute approximate surface area is 175 Å². The van der Waals surface area contributed by atoms with Gasteiger partial charge in [-0.3, -0.25) is 13.9 Å². The van der Waals surface area contributed by atoms with E-state index in [0.29, 0.717) is 24.5 Å². The van der Waals surface area contributed by atoms with E-state index in [4.69, 9.17) is 23.5 Å². The van der Waals surface area contributed by atoms with Crippen LogP contribution in [-0.4, -0.2) is 72.4 Å². The second kappa shape index (κ2) is 11.7. The third kappa shape index (κ3) is 7.15. The van der Waals surface area contributed by atoms with Crippen molar-refractivity contribution in [2.75, 3.05) is 47.7 Å². The van der Waals surface area contributed by atoms with Gasteiger partial charge < -0.3 is 34.2 Å². The maximum absolute atomic E-state index is 13.0. The minimum absolute atomic E-state index is 0.0211. The van der Waals surface area contributed by atoms with Crippen LogP contribution < -0.4 is 20.1 Å². The Morgan fingerprint density at radius 1 is 1.10 bits per heavy atom. The molecule has 1 aliphatic heterocycles. The van der Waals surface area contributed by atoms with Crippen molar-refractivity contribution in [2.24, 2.45) is 0 Å². The summed E-state index contributed by atoms with van der Waals surface area (Å²) in [5, 5.41) is 5.51. The number of carbonyl (C=O) groups excluding carboxylic acids is 2. The zero-order valence-corrected chi connectivity index (χ0v) is 17.5. The molecule has 0 aromatic heterocycles. The quantitative estimate of drug-likeness (QED) is 0.501. The van der Waals surface area contributed by atoms with Gasteiger partial charge >= 0.3 is 7.40 Å². The SMILES string of the molecule is COCC1(NC(=O)CCC(=O)NCCc2ccc(OC)c(OC)c2)COB(F)OC1. The summed E-state index contributed by atoms with van der Waals surface area (Å²) < 4.78 is 38.2. The largest absolute Gasteiger partial charge is 0.680 e. The first-order valence-electron chi connectivity index (χ1n) is 9.56. The van der Waals surface area contributed by atoms with Gasteiger partial charge in [0.2, 0.25) is 11.8 Å². The normalized spacial score (nSPS) is 15.4. The van der Waals surface area contributed by atoms with E-state index in [0.717, 1.165) is 5.56 Å². The number of rotatable bonds is 11. The summed E-state index contributed by atoms with van der Waals surface area (Å²) in [6.45, 7) is 0.364. The summed E-state index contributed by atoms with van der Waals surface area (Å²) in [5.74, 6) is 0.647. The molecule has 1 aliphatic rings. The Hall–Kier alpha value is -2.37. The minimum atomic E-state index is -1.82. The maximum atomic E-state index is 13.0. The van der Waals surface area contributed by atoms with E-state index in [2.05, 4.69) is 10.6 Å². The molecule has 0 spiro atoms. The van der Waals surface area contributed by atoms with Crippen molar-refractivity contribution >= 4 is 19.2 Å². The third-order valence-corrected chi connectivity index (χ3v) is 4.57. The first-order valence-corrected chi connectivity index (χ1v) is 9.56. The van der Waals surface area contributed by atoms with Crippen LogP contribution in [0.5, 0.6) is 11.5 Å². The van der Waals surface area contributed by atoms with Gasteiger partial charge in [-0.15, -0.1) is 0 Å². The number of hydrogen-bond acceptors (Lipinski definition) is 7. The number of halogens is 1. The molecule has 30 heavy (non-hydrogen) atoms. The number of carbonyl (C=O) groups is 2. The fourth-order valence-electron chi connectivity index (χ4n) is 3.06. The van der Waals surface area contributed by atoms with Crippen LogP contribution in [0.2, 0.25) is 0 Å². The molecule has 0 bridgehead atoms. The zero-order valence-electron chi connectivity index (χ0n) is 17.5. The minimum Gasteiger partial charge on any atom is -0.493 e. The van der Waals surface area contributed by atoms with E-state index in [1.54, 1.807) is 20.3 Å². The van der Waals surface area contributed by atoms with Crippen molar-refractivity contribution in [3.63, 3.8) is 0 Å². The highest BCUT2D eigenvalue weighted by Crippen LogP contribution is 2.27. The highest BCUT2D eigenvalue weighted by molar-refractivity contribution is 6.35. The molecular formula is C19H28BFN2O7. The Morgan fingerprint density at radius 2 is 1.77 bits per heavy atom. The average molecular weight is 426 g/mol. The van der Waals surface area contributed by atoms with Crippen LogP contribution in [0, 0.1) is 0 Å². The fraction of sp³-hybridized carbons (Fsp3) is 0.579. The van der Waals surface area contributed by atoms with E-state index in [1.165, 1.54) is 7.11 Å². The average Bonchev–Trinajstić information content (AvgIpc) is 2.74. The van der Waals surface area contributed by atoms with Gasteiger partial charge in [0.25, 0.3) is 0 Å². The van der Waals surface area contributed by atoms with Crippen molar-refractivity contribution in [1.82, 2.24) is 10.6 Å². The van der Waals surface area contributed by atoms with Gasteiger partial charge in [-0.2, -0.15) is 0 Å². The molecule has 0 saturated carbocycles. The second-order valence-electron chi connectivity index (χ2n) is 6.95. The smallest absolute Gasteiger partial charge is 0.493 e. The maximum Gasteiger partial charge on any atom is 0.680 e. The van der Waals surface area contributed by atoms with Gasteiger partial charge in [-0.1, -0.05) is 6.07 Å². The molecule has 0 unspecified atom stereocenters. The van der Waals surface area contributed by atoms with Crippen LogP contribution in [0.4, 0.5) is 4.32 Å². The fourth-order valence-corrected chi connectivity index (χ4v) is 3.06. The number of hydrogen-bond donors (Lipinski definition) is 2. The van der Waals surface area contributed by atoms with Gasteiger partial charge in [-0.25, -0.2) is 0 Å². The van der Waals surface area contributed by atoms with Gasteiger partial charge in [-0.05, 0) is 24.1 Å². The van der Waals surface area contributed by atoms with Crippen LogP contribution >= 0.6 is 0 Å². The summed E-state index contributed by atoms with van der Waals surface area (Å²) in [6.07, 6.45) is 0.606. The molecule has 0 aliphatic carbocycles. The van der Waals surface area contributed by atoms with Crippen LogP contribution in [0.1, 0.15) is 18.4 Å². The highest BCUT2D eigenvalue weighted by atomic mass is 19.1. The van der Waals surface area contributed by atoms with Crippen LogP contribution in [0.25, 0.3) is 0 Å². The third-order valence-electron chi connectivity index (χ3n) is 4.57. The lowest BCUT2D eigenvalue weighted by atomic mass is 9.99. The Morgan fingerprint density at radius 3 is 2.40 bits per heavy atom. The van der Waals surface area contributed by atoms with Crippen molar-refractivity contribution < 1.29 is 37.4 Å². The molecule has 2 N–H and O–H groups in total. The number of nitrogens with one attached hydrogen (secondary N) is 2. The molecule has 0 radical (unpaired) electrons. The molecule has 1 saturated heterocycles. The number of amides is 2. The second-order valence-corrected chi connectivity index (χ2v) is 6.95. The molecule has 166 valence electrons. The lowest BCUT2D eigenvalue weighted by Gasteiger charge is -2.37. The highest BCUT2D eigenvalue weighted by Gasteiger charge is 2.41. The molecule has 2 amide bonds. The zero-order chi connectivity index (χ0) is 22.0. The summed E-state index contributed by atoms with van der Waals surface area (Å²) in [7, 11) is 2.77. The van der Waals surface area contributed by atoms with Crippen LogP contribution in [-0.2, 0) is 30.1 Å². The summed E-state index contributed by atoms with van der Waals surface area (Å²) in [6, 6.07) is 5.55. The molecule has 9 nitrogen and oxygen atoms in total. The molecule has 0 atom stereocenters. The van der Waals surface area contributed by atoms with Gasteiger partial charge in [0.05, 0.1) is 34.0 Å². The van der Waals surface area contributed by atoms with Crippen molar-refractivity contribution in [2.45, 2.75) is 24.8 Å². The van der Waals surface area contributed by atoms with E-state index < -0.39 is 12.9 Å². The molecule has 11 heteroatoms. The molecule has 1 heterocycles. The van der Waals surface area contributed by atoms with E-state index in [1.807, 2.05) is 12.1 Å². The van der Waals surface area contributed by atoms with Gasteiger partial charge in [0.1, 0.15) is 5.54 Å². The Kier molecular flexibility index (Phi) is 9.35. The number of ether oxygens (including phenoxy) is 3. The monoisotopic (exact) mass is 426 g/mol. The first-order chi connectivity index (χ1) is 14.4. The summed E-state index contributed by atoms with van der Waals surface area (Å²) >= 11 is 0. The first kappa shape index (κ1) is 23.9. The molecule has 1 aromatic rings. The van der Waals surface area contributed by atoms with Crippen molar-refractivity contribution in [1.29, 1.82) is 0 Å². The van der Waals surface area contributed by atoms with E-state index in [9.17, 15) is 13.9 Å². The van der Waals surface area contributed by atoms with Gasteiger partial charge in [0, 0.05) is 26.5 Å². The van der Waals surface area contributed by atoms with Crippen molar-refractivity contribution in [3.05, 3.63) is 23.8 Å². The summed E-state index contributed by atoms with van der Waals surface area (Å²) in [5.41, 5.74) is 0.00821. The van der Waals surface area contributed by atoms with Gasteiger partial charge in [0.15, 0.2) is 11.5 Å². The number of benzene rings is 1. The predicted octanol–water partition coefficient (Wildman–Crippen LogP) is 0.645. The summed E-state index contributed by atoms with van der Waals surface area (Å²) in [4.78, 5) is 24.3. The Bertz CT molecular complexity index is 714. The van der Waals surface area contributed by atoms with E-state index >= 15 is 0 Å². The standard InChI is InChI=1S/C19H28BFN2O7/c1-26-11-19(12-29-20(21)30-13-19)23-18(25)7-6-17(24)22-9-8-14-4-5-15(27-2)16(10-14)28-3/h4-5,10H,6-9,11-13H2,1-3H3,(H,22,24)(H,23,25). The predicted molar refractivity (Wildman–Crippen MR) is 107 cm³/mol. The lowest BCUT2D eigenvalue weighted by Crippen LogP contribution is -2.62.